The first-order valence-electron chi connectivity index (χ1n) is 7.81. The second-order valence-electron chi connectivity index (χ2n) is 5.80. The summed E-state index contributed by atoms with van der Waals surface area (Å²) in [4.78, 5) is 17.8. The zero-order chi connectivity index (χ0) is 16.5. The van der Waals surface area contributed by atoms with Gasteiger partial charge in [-0.3, -0.25) is 4.79 Å². The van der Waals surface area contributed by atoms with Crippen molar-refractivity contribution in [2.24, 2.45) is 0 Å². The van der Waals surface area contributed by atoms with Gasteiger partial charge in [0.05, 0.1) is 10.6 Å². The molecule has 0 unspecified atom stereocenters. The Balaban J connectivity index is 1.66. The number of aryl methyl sites for hydroxylation is 1. The molecule has 0 amide bonds. The maximum Gasteiger partial charge on any atom is 0.177 e. The maximum absolute atomic E-state index is 12.3. The number of carbonyl (C=O) groups is 1. The Morgan fingerprint density at radius 1 is 1.12 bits per heavy atom. The van der Waals surface area contributed by atoms with Gasteiger partial charge in [-0.25, -0.2) is 4.98 Å². The second kappa shape index (κ2) is 6.06. The van der Waals surface area contributed by atoms with Crippen LogP contribution in [0.25, 0.3) is 16.9 Å². The van der Waals surface area contributed by atoms with Crippen molar-refractivity contribution < 1.29 is 4.79 Å². The zero-order valence-corrected chi connectivity index (χ0v) is 14.1. The van der Waals surface area contributed by atoms with Gasteiger partial charge in [0, 0.05) is 23.9 Å². The first-order chi connectivity index (χ1) is 11.7. The van der Waals surface area contributed by atoms with Crippen molar-refractivity contribution >= 4 is 22.8 Å². The first kappa shape index (κ1) is 14.8. The highest BCUT2D eigenvalue weighted by molar-refractivity contribution is 7.12. The zero-order valence-electron chi connectivity index (χ0n) is 13.3. The number of hydrogen-bond acceptors (Lipinski definition) is 3. The molecular weight excluding hydrogens is 316 g/mol. The van der Waals surface area contributed by atoms with E-state index in [4.69, 9.17) is 4.98 Å². The lowest BCUT2D eigenvalue weighted by Gasteiger charge is -2.02. The van der Waals surface area contributed by atoms with Crippen LogP contribution < -0.4 is 0 Å². The van der Waals surface area contributed by atoms with E-state index >= 15 is 0 Å². The van der Waals surface area contributed by atoms with Crippen LogP contribution in [0.15, 0.2) is 66.2 Å². The summed E-state index contributed by atoms with van der Waals surface area (Å²) in [6, 6.07) is 17.9. The fourth-order valence-electron chi connectivity index (χ4n) is 2.84. The molecule has 3 aromatic heterocycles. The van der Waals surface area contributed by atoms with Crippen molar-refractivity contribution in [3.8, 4) is 11.3 Å². The fraction of sp³-hybridized carbons (Fsp3) is 0.100. The third-order valence-corrected chi connectivity index (χ3v) is 4.99. The molecule has 0 radical (unpaired) electrons. The van der Waals surface area contributed by atoms with Crippen LogP contribution in [0.2, 0.25) is 0 Å². The molecular formula is C20H16N2OS. The number of ketones is 1. The Labute approximate surface area is 144 Å². The first-order valence-corrected chi connectivity index (χ1v) is 8.69. The number of pyridine rings is 1. The Kier molecular flexibility index (Phi) is 3.75. The van der Waals surface area contributed by atoms with Crippen LogP contribution in [0.5, 0.6) is 0 Å². The molecule has 0 aliphatic heterocycles. The summed E-state index contributed by atoms with van der Waals surface area (Å²) in [5.74, 6) is 0.160. The van der Waals surface area contributed by atoms with E-state index in [0.29, 0.717) is 6.42 Å². The maximum atomic E-state index is 12.3. The Bertz CT molecular complexity index is 1020. The highest BCUT2D eigenvalue weighted by Crippen LogP contribution is 2.22. The molecule has 4 aromatic rings. The molecule has 4 heteroatoms. The molecule has 24 heavy (non-hydrogen) atoms. The van der Waals surface area contributed by atoms with E-state index in [1.165, 1.54) is 11.3 Å². The van der Waals surface area contributed by atoms with Gasteiger partial charge in [0.25, 0.3) is 0 Å². The summed E-state index contributed by atoms with van der Waals surface area (Å²) in [6.07, 6.45) is 2.46. The number of Topliss-reactive ketones (excluding diaryl/α,β-unsaturated/α-hetero) is 1. The quantitative estimate of drug-likeness (QED) is 0.503. The monoisotopic (exact) mass is 332 g/mol. The topological polar surface area (TPSA) is 34.4 Å². The summed E-state index contributed by atoms with van der Waals surface area (Å²) < 4.78 is 2.08. The molecule has 0 aliphatic rings. The number of imidazole rings is 1. The highest BCUT2D eigenvalue weighted by atomic mass is 32.1. The number of thiophene rings is 1. The number of fused-ring (bicyclic) bond motifs is 1. The van der Waals surface area contributed by atoms with Gasteiger partial charge in [0.2, 0.25) is 0 Å². The van der Waals surface area contributed by atoms with E-state index in [-0.39, 0.29) is 5.78 Å². The number of rotatable bonds is 4. The average molecular weight is 332 g/mol. The van der Waals surface area contributed by atoms with E-state index in [0.717, 1.165) is 33.0 Å². The molecule has 3 nitrogen and oxygen atoms in total. The minimum Gasteiger partial charge on any atom is -0.304 e. The number of benzene rings is 1. The van der Waals surface area contributed by atoms with Gasteiger partial charge in [0.1, 0.15) is 5.65 Å². The molecule has 0 saturated heterocycles. The summed E-state index contributed by atoms with van der Waals surface area (Å²) >= 11 is 1.49. The normalized spacial score (nSPS) is 11.0. The molecule has 118 valence electrons. The van der Waals surface area contributed by atoms with Crippen molar-refractivity contribution in [3.63, 3.8) is 0 Å². The minimum absolute atomic E-state index is 0.160. The number of hydrogen-bond donors (Lipinski definition) is 0. The van der Waals surface area contributed by atoms with Crippen molar-refractivity contribution in [2.75, 3.05) is 0 Å². The third kappa shape index (κ3) is 2.76. The van der Waals surface area contributed by atoms with Crippen molar-refractivity contribution in [3.05, 3.63) is 82.3 Å². The van der Waals surface area contributed by atoms with Crippen molar-refractivity contribution in [1.29, 1.82) is 0 Å². The largest absolute Gasteiger partial charge is 0.304 e. The minimum atomic E-state index is 0.160. The van der Waals surface area contributed by atoms with Gasteiger partial charge in [-0.05, 0) is 42.1 Å². The van der Waals surface area contributed by atoms with Gasteiger partial charge < -0.3 is 4.40 Å². The van der Waals surface area contributed by atoms with Crippen LogP contribution in [-0.4, -0.2) is 15.2 Å². The van der Waals surface area contributed by atoms with Gasteiger partial charge in [0.15, 0.2) is 5.78 Å². The van der Waals surface area contributed by atoms with Crippen LogP contribution in [0.1, 0.15) is 20.9 Å². The molecule has 0 bridgehead atoms. The van der Waals surface area contributed by atoms with Gasteiger partial charge >= 0.3 is 0 Å². The molecule has 0 spiro atoms. The van der Waals surface area contributed by atoms with Crippen LogP contribution in [-0.2, 0) is 6.42 Å². The summed E-state index contributed by atoms with van der Waals surface area (Å²) in [5.41, 5.74) is 5.06. The highest BCUT2D eigenvalue weighted by Gasteiger charge is 2.10. The van der Waals surface area contributed by atoms with E-state index in [1.807, 2.05) is 54.0 Å². The molecule has 0 atom stereocenters. The second-order valence-corrected chi connectivity index (χ2v) is 6.75. The predicted octanol–water partition coefficient (Wildman–Crippen LogP) is 4.80. The smallest absolute Gasteiger partial charge is 0.177 e. The number of nitrogens with zero attached hydrogens (tertiary/aromatic N) is 2. The Morgan fingerprint density at radius 2 is 2.00 bits per heavy atom. The van der Waals surface area contributed by atoms with Crippen LogP contribution >= 0.6 is 11.3 Å². The SMILES string of the molecule is Cc1cccc2nc(-c3cccc(CC(=O)c4cccs4)c3)cn12. The van der Waals surface area contributed by atoms with E-state index in [9.17, 15) is 4.79 Å². The summed E-state index contributed by atoms with van der Waals surface area (Å²) in [5, 5.41) is 1.93. The molecule has 3 heterocycles. The van der Waals surface area contributed by atoms with Gasteiger partial charge in [-0.2, -0.15) is 0 Å². The lowest BCUT2D eigenvalue weighted by Crippen LogP contribution is -2.01. The molecule has 0 N–H and O–H groups in total. The summed E-state index contributed by atoms with van der Waals surface area (Å²) in [7, 11) is 0. The van der Waals surface area contributed by atoms with Gasteiger partial charge in [-0.1, -0.05) is 30.3 Å². The van der Waals surface area contributed by atoms with Gasteiger partial charge in [-0.15, -0.1) is 11.3 Å². The van der Waals surface area contributed by atoms with Crippen LogP contribution in [0.4, 0.5) is 0 Å². The van der Waals surface area contributed by atoms with E-state index in [2.05, 4.69) is 23.5 Å². The molecule has 1 aromatic carbocycles. The number of carbonyl (C=O) groups excluding carboxylic acids is 1. The molecule has 4 rings (SSSR count). The standard InChI is InChI=1S/C20H16N2OS/c1-14-5-2-9-20-21-17(13-22(14)20)16-7-3-6-15(11-16)12-18(23)19-8-4-10-24-19/h2-11,13H,12H2,1H3. The van der Waals surface area contributed by atoms with E-state index in [1.54, 1.807) is 0 Å². The number of aromatic nitrogens is 2. The lowest BCUT2D eigenvalue weighted by molar-refractivity contribution is 0.0997. The Morgan fingerprint density at radius 3 is 2.79 bits per heavy atom. The molecule has 0 aliphatic carbocycles. The summed E-state index contributed by atoms with van der Waals surface area (Å²) in [6.45, 7) is 2.06. The third-order valence-electron chi connectivity index (χ3n) is 4.08. The average Bonchev–Trinajstić information content (AvgIpc) is 3.25. The van der Waals surface area contributed by atoms with E-state index < -0.39 is 0 Å². The van der Waals surface area contributed by atoms with Crippen LogP contribution in [0.3, 0.4) is 0 Å². The van der Waals surface area contributed by atoms with Crippen molar-refractivity contribution in [1.82, 2.24) is 9.38 Å². The fourth-order valence-corrected chi connectivity index (χ4v) is 3.50. The van der Waals surface area contributed by atoms with Crippen LogP contribution in [0, 0.1) is 6.92 Å². The van der Waals surface area contributed by atoms with Crippen molar-refractivity contribution in [2.45, 2.75) is 13.3 Å². The Hall–Kier alpha value is -2.72. The molecule has 0 saturated carbocycles. The molecule has 0 fully saturated rings. The lowest BCUT2D eigenvalue weighted by atomic mass is 10.0. The predicted molar refractivity (Wildman–Crippen MR) is 97.7 cm³/mol.